The normalized spacial score (nSPS) is 19.8. The summed E-state index contributed by atoms with van der Waals surface area (Å²) in [6.07, 6.45) is 4.30. The van der Waals surface area contributed by atoms with Crippen LogP contribution in [0.15, 0.2) is 28.4 Å². The van der Waals surface area contributed by atoms with Crippen LogP contribution in [0.4, 0.5) is 0 Å². The van der Waals surface area contributed by atoms with Gasteiger partial charge in [0.05, 0.1) is 5.69 Å². The number of rotatable bonds is 1. The maximum absolute atomic E-state index is 7.98. The number of allylic oxidation sites excluding steroid dienone is 2. The van der Waals surface area contributed by atoms with Crippen molar-refractivity contribution >= 4 is 27.2 Å². The van der Waals surface area contributed by atoms with Crippen molar-refractivity contribution in [3.8, 4) is 0 Å². The molecule has 0 amide bonds. The molecule has 0 aromatic carbocycles. The first kappa shape index (κ1) is 11.5. The van der Waals surface area contributed by atoms with Crippen molar-refractivity contribution in [1.82, 2.24) is 4.98 Å². The number of pyridine rings is 1. The van der Waals surface area contributed by atoms with Gasteiger partial charge in [-0.1, -0.05) is 6.07 Å². The molecule has 1 aliphatic rings. The van der Waals surface area contributed by atoms with Crippen molar-refractivity contribution in [3.05, 3.63) is 34.1 Å². The van der Waals surface area contributed by atoms with E-state index in [1.165, 1.54) is 12.0 Å². The lowest BCUT2D eigenvalue weighted by Gasteiger charge is -2.18. The Bertz CT molecular complexity index is 449. The fourth-order valence-electron chi connectivity index (χ4n) is 2.09. The zero-order chi connectivity index (χ0) is 11.5. The number of nitrogens with zero attached hydrogens (tertiary/aromatic N) is 1. The quantitative estimate of drug-likeness (QED) is 0.768. The van der Waals surface area contributed by atoms with E-state index in [0.29, 0.717) is 0 Å². The highest BCUT2D eigenvalue weighted by atomic mass is 79.9. The Hall–Kier alpha value is -0.960. The zero-order valence-electron chi connectivity index (χ0n) is 9.39. The Morgan fingerprint density at radius 3 is 2.75 bits per heavy atom. The van der Waals surface area contributed by atoms with Crippen LogP contribution < -0.4 is 0 Å². The summed E-state index contributed by atoms with van der Waals surface area (Å²) in [5, 5.41) is 7.98. The average molecular weight is 279 g/mol. The highest BCUT2D eigenvalue weighted by molar-refractivity contribution is 9.10. The molecule has 84 valence electrons. The second kappa shape index (κ2) is 4.91. The summed E-state index contributed by atoms with van der Waals surface area (Å²) in [4.78, 5) is 4.44. The number of aromatic nitrogens is 1. The maximum atomic E-state index is 7.98. The van der Waals surface area contributed by atoms with E-state index < -0.39 is 0 Å². The second-order valence-electron chi connectivity index (χ2n) is 4.13. The largest absolute Gasteiger partial charge is 0.305 e. The van der Waals surface area contributed by atoms with E-state index in [4.69, 9.17) is 5.41 Å². The van der Waals surface area contributed by atoms with Gasteiger partial charge >= 0.3 is 0 Å². The first-order valence-electron chi connectivity index (χ1n) is 5.59. The molecule has 1 aromatic rings. The van der Waals surface area contributed by atoms with Crippen molar-refractivity contribution in [3.63, 3.8) is 0 Å². The Labute approximate surface area is 104 Å². The summed E-state index contributed by atoms with van der Waals surface area (Å²) in [5.41, 5.74) is 4.13. The van der Waals surface area contributed by atoms with Crippen molar-refractivity contribution < 1.29 is 0 Å². The van der Waals surface area contributed by atoms with Gasteiger partial charge in [0.1, 0.15) is 4.60 Å². The van der Waals surface area contributed by atoms with Gasteiger partial charge in [0.25, 0.3) is 0 Å². The molecule has 2 nitrogen and oxygen atoms in total. The molecule has 0 bridgehead atoms. The van der Waals surface area contributed by atoms with Crippen LogP contribution >= 0.6 is 15.9 Å². The Balaban J connectivity index is 2.39. The minimum Gasteiger partial charge on any atom is -0.305 e. The van der Waals surface area contributed by atoms with Crippen LogP contribution in [0.25, 0.3) is 5.57 Å². The third-order valence-electron chi connectivity index (χ3n) is 3.02. The first-order chi connectivity index (χ1) is 7.68. The van der Waals surface area contributed by atoms with Crippen LogP contribution in [0.5, 0.6) is 0 Å². The van der Waals surface area contributed by atoms with Gasteiger partial charge in [-0.25, -0.2) is 4.98 Å². The van der Waals surface area contributed by atoms with Crippen LogP contribution in [-0.4, -0.2) is 10.7 Å². The van der Waals surface area contributed by atoms with Crippen molar-refractivity contribution in [2.45, 2.75) is 32.6 Å². The lowest BCUT2D eigenvalue weighted by Crippen LogP contribution is -2.09. The van der Waals surface area contributed by atoms with Gasteiger partial charge in [0, 0.05) is 5.71 Å². The minimum atomic E-state index is 0.797. The topological polar surface area (TPSA) is 36.7 Å². The molecular weight excluding hydrogens is 264 g/mol. The third-order valence-corrected chi connectivity index (χ3v) is 3.46. The van der Waals surface area contributed by atoms with Crippen molar-refractivity contribution in [1.29, 1.82) is 5.41 Å². The van der Waals surface area contributed by atoms with Crippen LogP contribution in [-0.2, 0) is 0 Å². The molecular formula is C13H15BrN2. The van der Waals surface area contributed by atoms with E-state index >= 15 is 0 Å². The minimum absolute atomic E-state index is 0.797. The van der Waals surface area contributed by atoms with Gasteiger partial charge < -0.3 is 5.41 Å². The summed E-state index contributed by atoms with van der Waals surface area (Å²) in [7, 11) is 0. The SMILES string of the molecule is C/C(=C1/CCCCC1=N)c1cccc(Br)n1. The molecule has 3 heteroatoms. The Morgan fingerprint density at radius 1 is 1.31 bits per heavy atom. The Morgan fingerprint density at radius 2 is 2.06 bits per heavy atom. The van der Waals surface area contributed by atoms with E-state index in [1.54, 1.807) is 0 Å². The van der Waals surface area contributed by atoms with Gasteiger partial charge in [0.15, 0.2) is 0 Å². The number of nitrogens with one attached hydrogen (secondary N) is 1. The van der Waals surface area contributed by atoms with Gasteiger partial charge in [-0.3, -0.25) is 0 Å². The van der Waals surface area contributed by atoms with E-state index in [2.05, 4.69) is 27.8 Å². The van der Waals surface area contributed by atoms with Crippen LogP contribution in [0, 0.1) is 5.41 Å². The lowest BCUT2D eigenvalue weighted by molar-refractivity contribution is 0.731. The molecule has 0 atom stereocenters. The van der Waals surface area contributed by atoms with Crippen LogP contribution in [0.1, 0.15) is 38.3 Å². The zero-order valence-corrected chi connectivity index (χ0v) is 11.0. The van der Waals surface area contributed by atoms with Gasteiger partial charge in [-0.05, 0) is 71.8 Å². The molecule has 0 spiro atoms. The molecule has 1 aromatic heterocycles. The van der Waals surface area contributed by atoms with Gasteiger partial charge in [-0.15, -0.1) is 0 Å². The monoisotopic (exact) mass is 278 g/mol. The van der Waals surface area contributed by atoms with Crippen molar-refractivity contribution in [2.75, 3.05) is 0 Å². The molecule has 1 heterocycles. The molecule has 2 rings (SSSR count). The summed E-state index contributed by atoms with van der Waals surface area (Å²) in [6.45, 7) is 2.07. The highest BCUT2D eigenvalue weighted by Crippen LogP contribution is 2.27. The van der Waals surface area contributed by atoms with E-state index in [9.17, 15) is 0 Å². The molecule has 1 saturated carbocycles. The second-order valence-corrected chi connectivity index (χ2v) is 4.95. The van der Waals surface area contributed by atoms with E-state index in [-0.39, 0.29) is 0 Å². The molecule has 0 radical (unpaired) electrons. The molecule has 1 aliphatic carbocycles. The summed E-state index contributed by atoms with van der Waals surface area (Å²) >= 11 is 3.38. The Kier molecular flexibility index (Phi) is 3.54. The van der Waals surface area contributed by atoms with Crippen LogP contribution in [0.2, 0.25) is 0 Å². The standard InChI is InChI=1S/C13H15BrN2/c1-9(10-5-2-3-6-11(10)15)12-7-4-8-13(14)16-12/h4,7-8,15H,2-3,5-6H2,1H3/b10-9+,15-11?. The fraction of sp³-hybridized carbons (Fsp3) is 0.385. The molecule has 0 aliphatic heterocycles. The summed E-state index contributed by atoms with van der Waals surface area (Å²) < 4.78 is 0.854. The van der Waals surface area contributed by atoms with Gasteiger partial charge in [0.2, 0.25) is 0 Å². The number of hydrogen-bond acceptors (Lipinski definition) is 2. The average Bonchev–Trinajstić information content (AvgIpc) is 2.29. The molecule has 16 heavy (non-hydrogen) atoms. The third kappa shape index (κ3) is 2.40. The smallest absolute Gasteiger partial charge is 0.106 e. The molecule has 0 saturated heterocycles. The molecule has 1 fully saturated rings. The first-order valence-corrected chi connectivity index (χ1v) is 6.38. The van der Waals surface area contributed by atoms with E-state index in [1.807, 2.05) is 18.2 Å². The summed E-state index contributed by atoms with van der Waals surface area (Å²) in [6, 6.07) is 5.92. The highest BCUT2D eigenvalue weighted by Gasteiger charge is 2.15. The lowest BCUT2D eigenvalue weighted by atomic mass is 9.88. The van der Waals surface area contributed by atoms with E-state index in [0.717, 1.165) is 40.8 Å². The fourth-order valence-corrected chi connectivity index (χ4v) is 2.43. The maximum Gasteiger partial charge on any atom is 0.106 e. The predicted molar refractivity (Wildman–Crippen MR) is 70.7 cm³/mol. The van der Waals surface area contributed by atoms with Gasteiger partial charge in [-0.2, -0.15) is 0 Å². The number of hydrogen-bond donors (Lipinski definition) is 1. The number of halogens is 1. The predicted octanol–water partition coefficient (Wildman–Crippen LogP) is 4.21. The molecule has 1 N–H and O–H groups in total. The van der Waals surface area contributed by atoms with Crippen LogP contribution in [0.3, 0.4) is 0 Å². The van der Waals surface area contributed by atoms with Crippen molar-refractivity contribution in [2.24, 2.45) is 0 Å². The summed E-state index contributed by atoms with van der Waals surface area (Å²) in [5.74, 6) is 0. The molecule has 0 unspecified atom stereocenters.